The smallest absolute Gasteiger partial charge is 0.335 e. The summed E-state index contributed by atoms with van der Waals surface area (Å²) in [6.07, 6.45) is 3.98. The van der Waals surface area contributed by atoms with Crippen molar-refractivity contribution in [2.24, 2.45) is 0 Å². The van der Waals surface area contributed by atoms with E-state index in [1.807, 2.05) is 57.2 Å². The summed E-state index contributed by atoms with van der Waals surface area (Å²) in [6, 6.07) is 14.4. The van der Waals surface area contributed by atoms with E-state index in [-0.39, 0.29) is 5.56 Å². The first-order valence-electron chi connectivity index (χ1n) is 12.5. The molecule has 0 aliphatic heterocycles. The highest BCUT2D eigenvalue weighted by atomic mass is 32.2. The van der Waals surface area contributed by atoms with Gasteiger partial charge in [-0.1, -0.05) is 43.7 Å². The molecule has 0 fully saturated rings. The number of aryl methyl sites for hydroxylation is 2. The van der Waals surface area contributed by atoms with E-state index in [9.17, 15) is 13.2 Å². The third kappa shape index (κ3) is 5.49. The number of hydrogen-bond donors (Lipinski definition) is 1. The van der Waals surface area contributed by atoms with E-state index in [4.69, 9.17) is 5.11 Å². The number of carboxylic acid groups (broad SMARTS) is 1. The molecule has 3 aromatic carbocycles. The van der Waals surface area contributed by atoms with Crippen molar-refractivity contribution in [1.82, 2.24) is 0 Å². The van der Waals surface area contributed by atoms with Crippen molar-refractivity contribution < 1.29 is 18.3 Å². The van der Waals surface area contributed by atoms with Gasteiger partial charge in [-0.2, -0.15) is 0 Å². The second-order valence-electron chi connectivity index (χ2n) is 9.51. The predicted octanol–water partition coefficient (Wildman–Crippen LogP) is 6.57. The molecule has 0 heterocycles. The molecule has 0 amide bonds. The van der Waals surface area contributed by atoms with Crippen molar-refractivity contribution in [1.29, 1.82) is 0 Å². The van der Waals surface area contributed by atoms with Crippen molar-refractivity contribution in [3.63, 3.8) is 0 Å². The highest BCUT2D eigenvalue weighted by Gasteiger charge is 2.30. The Labute approximate surface area is 215 Å². The zero-order chi connectivity index (χ0) is 26.6. The molecule has 0 radical (unpaired) electrons. The normalized spacial score (nSPS) is 11.5. The largest absolute Gasteiger partial charge is 0.478 e. The van der Waals surface area contributed by atoms with Crippen molar-refractivity contribution >= 4 is 21.7 Å². The number of sulfonamides is 1. The molecule has 0 atom stereocenters. The van der Waals surface area contributed by atoms with Crippen molar-refractivity contribution in [3.05, 3.63) is 93.0 Å². The number of benzene rings is 3. The molecule has 1 N–H and O–H groups in total. The molecule has 36 heavy (non-hydrogen) atoms. The number of nitrogens with zero attached hydrogens (tertiary/aromatic N) is 1. The number of rotatable bonds is 10. The fraction of sp³-hybridized carbons (Fsp3) is 0.367. The van der Waals surface area contributed by atoms with Crippen LogP contribution in [0.4, 0.5) is 5.69 Å². The molecule has 0 bridgehead atoms. The van der Waals surface area contributed by atoms with Crippen LogP contribution in [0.15, 0.2) is 53.4 Å². The number of carbonyl (C=O) groups is 1. The Kier molecular flexibility index (Phi) is 8.62. The maximum absolute atomic E-state index is 14.2. The van der Waals surface area contributed by atoms with Gasteiger partial charge in [-0.15, -0.1) is 0 Å². The van der Waals surface area contributed by atoms with Gasteiger partial charge in [0.25, 0.3) is 10.0 Å². The second kappa shape index (κ2) is 11.3. The summed E-state index contributed by atoms with van der Waals surface area (Å²) in [5, 5.41) is 9.12. The van der Waals surface area contributed by atoms with Crippen LogP contribution >= 0.6 is 0 Å². The van der Waals surface area contributed by atoms with Crippen LogP contribution < -0.4 is 4.31 Å². The first-order valence-corrected chi connectivity index (χ1v) is 13.9. The lowest BCUT2D eigenvalue weighted by atomic mass is 9.92. The van der Waals surface area contributed by atoms with Gasteiger partial charge in [-0.3, -0.25) is 4.31 Å². The average Bonchev–Trinajstić information content (AvgIpc) is 2.87. The zero-order valence-corrected chi connectivity index (χ0v) is 23.0. The first kappa shape index (κ1) is 27.5. The summed E-state index contributed by atoms with van der Waals surface area (Å²) < 4.78 is 29.7. The lowest BCUT2D eigenvalue weighted by Gasteiger charge is -2.27. The highest BCUT2D eigenvalue weighted by Crippen LogP contribution is 2.35. The first-order chi connectivity index (χ1) is 17.0. The highest BCUT2D eigenvalue weighted by molar-refractivity contribution is 7.93. The number of hydrogen-bond acceptors (Lipinski definition) is 3. The summed E-state index contributed by atoms with van der Waals surface area (Å²) in [7, 11) is -2.16. The summed E-state index contributed by atoms with van der Waals surface area (Å²) >= 11 is 0. The molecule has 0 aliphatic rings. The van der Waals surface area contributed by atoms with Crippen molar-refractivity contribution in [2.45, 2.75) is 71.6 Å². The Morgan fingerprint density at radius 1 is 0.833 bits per heavy atom. The van der Waals surface area contributed by atoms with Crippen molar-refractivity contribution in [2.75, 3.05) is 11.4 Å². The van der Waals surface area contributed by atoms with E-state index in [2.05, 4.69) is 13.8 Å². The topological polar surface area (TPSA) is 74.7 Å². The number of aromatic carboxylic acids is 1. The van der Waals surface area contributed by atoms with Crippen molar-refractivity contribution in [3.8, 4) is 0 Å². The van der Waals surface area contributed by atoms with Gasteiger partial charge in [0.2, 0.25) is 0 Å². The Morgan fingerprint density at radius 3 is 2.06 bits per heavy atom. The van der Waals surface area contributed by atoms with Gasteiger partial charge in [0.15, 0.2) is 0 Å². The lowest BCUT2D eigenvalue weighted by Crippen LogP contribution is -2.30. The fourth-order valence-corrected chi connectivity index (χ4v) is 6.57. The van der Waals surface area contributed by atoms with Gasteiger partial charge < -0.3 is 5.11 Å². The van der Waals surface area contributed by atoms with E-state index >= 15 is 0 Å². The van der Waals surface area contributed by atoms with E-state index in [1.54, 1.807) is 19.2 Å². The fourth-order valence-electron chi connectivity index (χ4n) is 4.75. The number of anilines is 1. The molecule has 0 saturated heterocycles. The minimum absolute atomic E-state index is 0.253. The standard InChI is InChI=1S/C30H37NO4S/c1-7-8-12-27-22(4)20(2)21(3)23(5)29(27)36(34,35)31(6)28-13-10-9-11-25(28)17-14-24-15-18-26(19-16-24)30(32)33/h9-11,13,15-16,18-19H,7-8,12,14,17H2,1-6H3,(H,32,33). The maximum Gasteiger partial charge on any atom is 0.335 e. The third-order valence-electron chi connectivity index (χ3n) is 7.37. The maximum atomic E-state index is 14.2. The Bertz CT molecular complexity index is 1360. The summed E-state index contributed by atoms with van der Waals surface area (Å²) in [5.41, 5.74) is 7.86. The molecule has 3 aromatic rings. The van der Waals surface area contributed by atoms with Gasteiger partial charge in [0, 0.05) is 7.05 Å². The van der Waals surface area contributed by atoms with Crippen LogP contribution in [-0.2, 0) is 29.3 Å². The van der Waals surface area contributed by atoms with Gasteiger partial charge >= 0.3 is 5.97 Å². The molecule has 6 heteroatoms. The molecule has 0 unspecified atom stereocenters. The van der Waals surface area contributed by atoms with Crippen LogP contribution in [-0.4, -0.2) is 26.5 Å². The predicted molar refractivity (Wildman–Crippen MR) is 147 cm³/mol. The Balaban J connectivity index is 2.00. The molecule has 3 rings (SSSR count). The summed E-state index contributed by atoms with van der Waals surface area (Å²) in [5.74, 6) is -0.950. The molecule has 0 spiro atoms. The van der Waals surface area contributed by atoms with Gasteiger partial charge in [0.05, 0.1) is 16.1 Å². The third-order valence-corrected chi connectivity index (χ3v) is 9.35. The van der Waals surface area contributed by atoms with Gasteiger partial charge in [0.1, 0.15) is 0 Å². The molecular weight excluding hydrogens is 470 g/mol. The Hall–Kier alpha value is -3.12. The van der Waals surface area contributed by atoms with Crippen LogP contribution in [0.2, 0.25) is 0 Å². The zero-order valence-electron chi connectivity index (χ0n) is 22.2. The van der Waals surface area contributed by atoms with E-state index in [0.717, 1.165) is 58.2 Å². The van der Waals surface area contributed by atoms with E-state index in [0.29, 0.717) is 23.4 Å². The molecule has 5 nitrogen and oxygen atoms in total. The second-order valence-corrected chi connectivity index (χ2v) is 11.4. The lowest BCUT2D eigenvalue weighted by molar-refractivity contribution is 0.0697. The summed E-state index contributed by atoms with van der Waals surface area (Å²) in [4.78, 5) is 11.6. The Morgan fingerprint density at radius 2 is 1.44 bits per heavy atom. The quantitative estimate of drug-likeness (QED) is 0.337. The molecule has 192 valence electrons. The van der Waals surface area contributed by atoms with Crippen LogP contribution in [0, 0.1) is 27.7 Å². The van der Waals surface area contributed by atoms with Gasteiger partial charge in [-0.05, 0) is 111 Å². The average molecular weight is 508 g/mol. The number of unbranched alkanes of at least 4 members (excludes halogenated alkanes) is 1. The number of carboxylic acids is 1. The molecule has 0 aromatic heterocycles. The minimum atomic E-state index is -3.80. The summed E-state index contributed by atoms with van der Waals surface area (Å²) in [6.45, 7) is 10.2. The SMILES string of the molecule is CCCCc1c(C)c(C)c(C)c(C)c1S(=O)(=O)N(C)c1ccccc1CCc1ccc(C(=O)O)cc1. The molecular formula is C30H37NO4S. The van der Waals surface area contributed by atoms with Crippen LogP contribution in [0.3, 0.4) is 0 Å². The van der Waals surface area contributed by atoms with E-state index < -0.39 is 16.0 Å². The van der Waals surface area contributed by atoms with Crippen LogP contribution in [0.5, 0.6) is 0 Å². The van der Waals surface area contributed by atoms with Crippen LogP contribution in [0.25, 0.3) is 0 Å². The number of para-hydroxylation sites is 1. The minimum Gasteiger partial charge on any atom is -0.478 e. The molecule has 0 saturated carbocycles. The van der Waals surface area contributed by atoms with Gasteiger partial charge in [-0.25, -0.2) is 13.2 Å². The van der Waals surface area contributed by atoms with E-state index in [1.165, 1.54) is 4.31 Å². The molecule has 0 aliphatic carbocycles. The van der Waals surface area contributed by atoms with Crippen LogP contribution in [0.1, 0.15) is 69.1 Å². The monoisotopic (exact) mass is 507 g/mol.